The lowest BCUT2D eigenvalue weighted by Crippen LogP contribution is -2.33. The molecule has 3 aromatic carbocycles. The number of fused-ring (bicyclic) bond motifs is 1. The molecule has 0 bridgehead atoms. The standard InChI is InChI=1S/C28H29FN2O3/c1-19-23(28(32)34-21-12-6-3-7-13-21)27(33-18-20-10-4-2-5-11-20)26-24(25(19)29)22(14-15-30-26)31-16-8-9-17-31/h2-7,10-13,22,30H,8-9,14-18H2,1H3. The van der Waals surface area contributed by atoms with Crippen LogP contribution in [0.2, 0.25) is 0 Å². The predicted molar refractivity (Wildman–Crippen MR) is 130 cm³/mol. The molecule has 2 heterocycles. The van der Waals surface area contributed by atoms with Crippen LogP contribution in [0.3, 0.4) is 0 Å². The van der Waals surface area contributed by atoms with Crippen molar-refractivity contribution >= 4 is 11.7 Å². The number of ether oxygens (including phenoxy) is 2. The van der Waals surface area contributed by atoms with Crippen LogP contribution < -0.4 is 14.8 Å². The van der Waals surface area contributed by atoms with Gasteiger partial charge < -0.3 is 14.8 Å². The number of para-hydroxylation sites is 1. The summed E-state index contributed by atoms with van der Waals surface area (Å²) in [6, 6.07) is 18.5. The molecule has 1 fully saturated rings. The quantitative estimate of drug-likeness (QED) is 0.367. The van der Waals surface area contributed by atoms with Gasteiger partial charge in [-0.05, 0) is 57.0 Å². The molecule has 2 aliphatic rings. The van der Waals surface area contributed by atoms with Crippen molar-refractivity contribution < 1.29 is 18.7 Å². The highest BCUT2D eigenvalue weighted by molar-refractivity contribution is 5.98. The summed E-state index contributed by atoms with van der Waals surface area (Å²) in [7, 11) is 0. The number of halogens is 1. The van der Waals surface area contributed by atoms with E-state index in [4.69, 9.17) is 9.47 Å². The van der Waals surface area contributed by atoms with Crippen LogP contribution in [0.4, 0.5) is 10.1 Å². The smallest absolute Gasteiger partial charge is 0.347 e. The first-order valence-electron chi connectivity index (χ1n) is 11.9. The van der Waals surface area contributed by atoms with Crippen molar-refractivity contribution in [3.05, 3.63) is 88.7 Å². The molecule has 0 amide bonds. The van der Waals surface area contributed by atoms with Gasteiger partial charge in [0.1, 0.15) is 23.7 Å². The van der Waals surface area contributed by atoms with Gasteiger partial charge in [-0.2, -0.15) is 0 Å². The first kappa shape index (κ1) is 22.4. The molecule has 2 aliphatic heterocycles. The zero-order valence-electron chi connectivity index (χ0n) is 19.4. The van der Waals surface area contributed by atoms with Crippen molar-refractivity contribution in [1.29, 1.82) is 0 Å². The molecule has 1 atom stereocenters. The normalized spacial score (nSPS) is 17.6. The molecule has 0 aliphatic carbocycles. The number of hydrogen-bond donors (Lipinski definition) is 1. The minimum atomic E-state index is -0.626. The average Bonchev–Trinajstić information content (AvgIpc) is 3.41. The molecule has 0 aromatic heterocycles. The number of likely N-dealkylation sites (tertiary alicyclic amines) is 1. The second kappa shape index (κ2) is 9.85. The number of rotatable bonds is 6. The van der Waals surface area contributed by atoms with Gasteiger partial charge in [-0.25, -0.2) is 9.18 Å². The lowest BCUT2D eigenvalue weighted by atomic mass is 9.90. The number of hydrogen-bond acceptors (Lipinski definition) is 5. The first-order chi connectivity index (χ1) is 16.6. The third-order valence-electron chi connectivity index (χ3n) is 6.68. The molecule has 176 valence electrons. The van der Waals surface area contributed by atoms with Crippen molar-refractivity contribution in [2.75, 3.05) is 25.0 Å². The van der Waals surface area contributed by atoms with E-state index in [1.807, 2.05) is 36.4 Å². The lowest BCUT2D eigenvalue weighted by molar-refractivity contribution is 0.0728. The molecular formula is C28H29FN2O3. The largest absolute Gasteiger partial charge is 0.486 e. The lowest BCUT2D eigenvalue weighted by Gasteiger charge is -2.35. The molecule has 0 spiro atoms. The van der Waals surface area contributed by atoms with Crippen LogP contribution in [0.1, 0.15) is 52.4 Å². The SMILES string of the molecule is Cc1c(F)c2c(c(OCc3ccccc3)c1C(=O)Oc1ccccc1)NCCC2N1CCCC1. The molecule has 0 saturated carbocycles. The maximum Gasteiger partial charge on any atom is 0.347 e. The molecular weight excluding hydrogens is 431 g/mol. The van der Waals surface area contributed by atoms with Gasteiger partial charge in [0.05, 0.1) is 5.69 Å². The summed E-state index contributed by atoms with van der Waals surface area (Å²) in [6.07, 6.45) is 3.06. The van der Waals surface area contributed by atoms with Gasteiger partial charge in [-0.3, -0.25) is 4.90 Å². The maximum atomic E-state index is 16.0. The highest BCUT2D eigenvalue weighted by Crippen LogP contribution is 2.46. The Hall–Kier alpha value is -3.38. The number of nitrogens with one attached hydrogen (secondary N) is 1. The Morgan fingerprint density at radius 3 is 2.44 bits per heavy atom. The summed E-state index contributed by atoms with van der Waals surface area (Å²) < 4.78 is 27.9. The summed E-state index contributed by atoms with van der Waals surface area (Å²) in [5.74, 6) is -0.214. The van der Waals surface area contributed by atoms with Crippen molar-refractivity contribution in [3.8, 4) is 11.5 Å². The molecule has 6 heteroatoms. The zero-order chi connectivity index (χ0) is 23.5. The van der Waals surface area contributed by atoms with Crippen LogP contribution in [0.15, 0.2) is 60.7 Å². The summed E-state index contributed by atoms with van der Waals surface area (Å²) >= 11 is 0. The minimum absolute atomic E-state index is 0.0317. The van der Waals surface area contributed by atoms with Crippen molar-refractivity contribution in [2.24, 2.45) is 0 Å². The maximum absolute atomic E-state index is 16.0. The molecule has 5 nitrogen and oxygen atoms in total. The molecule has 3 aromatic rings. The number of benzene rings is 3. The highest BCUT2D eigenvalue weighted by Gasteiger charge is 2.36. The van der Waals surface area contributed by atoms with Gasteiger partial charge in [-0.15, -0.1) is 0 Å². The Kier molecular flexibility index (Phi) is 6.50. The van der Waals surface area contributed by atoms with E-state index >= 15 is 4.39 Å². The van der Waals surface area contributed by atoms with E-state index in [-0.39, 0.29) is 29.6 Å². The fourth-order valence-corrected chi connectivity index (χ4v) is 4.99. The van der Waals surface area contributed by atoms with Crippen molar-refractivity contribution in [2.45, 2.75) is 38.8 Å². The second-order valence-corrected chi connectivity index (χ2v) is 8.88. The fourth-order valence-electron chi connectivity index (χ4n) is 4.99. The number of carbonyl (C=O) groups excluding carboxylic acids is 1. The Bertz CT molecular complexity index is 1160. The topological polar surface area (TPSA) is 50.8 Å². The summed E-state index contributed by atoms with van der Waals surface area (Å²) in [6.45, 7) is 4.51. The molecule has 34 heavy (non-hydrogen) atoms. The van der Waals surface area contributed by atoms with Gasteiger partial charge in [0, 0.05) is 23.7 Å². The second-order valence-electron chi connectivity index (χ2n) is 8.88. The van der Waals surface area contributed by atoms with Crippen LogP contribution in [0.5, 0.6) is 11.5 Å². The summed E-state index contributed by atoms with van der Waals surface area (Å²) in [5.41, 5.74) is 2.53. The molecule has 0 radical (unpaired) electrons. The minimum Gasteiger partial charge on any atom is -0.486 e. The van der Waals surface area contributed by atoms with Crippen LogP contribution in [0, 0.1) is 12.7 Å². The van der Waals surface area contributed by atoms with Gasteiger partial charge in [0.15, 0.2) is 5.75 Å². The average molecular weight is 461 g/mol. The Labute approximate surface area is 199 Å². The van der Waals surface area contributed by atoms with E-state index < -0.39 is 5.97 Å². The van der Waals surface area contributed by atoms with Crippen LogP contribution in [-0.4, -0.2) is 30.5 Å². The van der Waals surface area contributed by atoms with Gasteiger partial charge >= 0.3 is 5.97 Å². The molecule has 1 N–H and O–H groups in total. The summed E-state index contributed by atoms with van der Waals surface area (Å²) in [5, 5.41) is 3.35. The third kappa shape index (κ3) is 4.38. The molecule has 5 rings (SSSR count). The van der Waals surface area contributed by atoms with Crippen molar-refractivity contribution in [3.63, 3.8) is 0 Å². The molecule has 1 unspecified atom stereocenters. The zero-order valence-corrected chi connectivity index (χ0v) is 19.4. The highest BCUT2D eigenvalue weighted by atomic mass is 19.1. The van der Waals surface area contributed by atoms with E-state index in [2.05, 4.69) is 10.2 Å². The van der Waals surface area contributed by atoms with E-state index in [0.29, 0.717) is 29.3 Å². The van der Waals surface area contributed by atoms with Gasteiger partial charge in [0.2, 0.25) is 0 Å². The van der Waals surface area contributed by atoms with Gasteiger partial charge in [-0.1, -0.05) is 48.5 Å². The Morgan fingerprint density at radius 2 is 1.74 bits per heavy atom. The number of carbonyl (C=O) groups is 1. The number of nitrogens with zero attached hydrogens (tertiary/aromatic N) is 1. The van der Waals surface area contributed by atoms with E-state index in [0.717, 1.165) is 37.9 Å². The predicted octanol–water partition coefficient (Wildman–Crippen LogP) is 5.88. The summed E-state index contributed by atoms with van der Waals surface area (Å²) in [4.78, 5) is 15.7. The van der Waals surface area contributed by atoms with Crippen LogP contribution in [-0.2, 0) is 6.61 Å². The Balaban J connectivity index is 1.59. The number of esters is 1. The Morgan fingerprint density at radius 1 is 1.06 bits per heavy atom. The van der Waals surface area contributed by atoms with E-state index in [1.165, 1.54) is 0 Å². The number of anilines is 1. The van der Waals surface area contributed by atoms with E-state index in [9.17, 15) is 4.79 Å². The fraction of sp³-hybridized carbons (Fsp3) is 0.321. The van der Waals surface area contributed by atoms with Crippen LogP contribution >= 0.6 is 0 Å². The van der Waals surface area contributed by atoms with E-state index in [1.54, 1.807) is 31.2 Å². The van der Waals surface area contributed by atoms with Crippen molar-refractivity contribution in [1.82, 2.24) is 4.90 Å². The molecule has 1 saturated heterocycles. The van der Waals surface area contributed by atoms with Crippen LogP contribution in [0.25, 0.3) is 0 Å². The monoisotopic (exact) mass is 460 g/mol. The first-order valence-corrected chi connectivity index (χ1v) is 11.9. The third-order valence-corrected chi connectivity index (χ3v) is 6.68. The van der Waals surface area contributed by atoms with Gasteiger partial charge in [0.25, 0.3) is 0 Å².